The van der Waals surface area contributed by atoms with Crippen LogP contribution in [0.25, 0.3) is 0 Å². The third-order valence-electron chi connectivity index (χ3n) is 3.02. The van der Waals surface area contributed by atoms with E-state index in [0.29, 0.717) is 18.4 Å². The average Bonchev–Trinajstić information content (AvgIpc) is 2.38. The van der Waals surface area contributed by atoms with Crippen molar-refractivity contribution >= 4 is 5.78 Å². The topological polar surface area (TPSA) is 37.3 Å². The highest BCUT2D eigenvalue weighted by molar-refractivity contribution is 6.03. The van der Waals surface area contributed by atoms with E-state index in [9.17, 15) is 9.90 Å². The van der Waals surface area contributed by atoms with E-state index in [4.69, 9.17) is 0 Å². The van der Waals surface area contributed by atoms with E-state index in [2.05, 4.69) is 0 Å². The smallest absolute Gasteiger partial charge is 0.193 e. The lowest BCUT2D eigenvalue weighted by atomic mass is 9.79. The standard InChI is InChI=1S/C13H20O2.C2H6/c1-3-8-11(4-2)12(14)13(15)9-6-5-7-10-13;1-2/h3-4,8,15H,5-7,9-10H2,1-2H3;1-2H3/b8-3-,11-4+;. The number of rotatable bonds is 3. The Kier molecular flexibility index (Phi) is 7.81. The van der Waals surface area contributed by atoms with Crippen molar-refractivity contribution in [2.45, 2.75) is 65.4 Å². The Bertz CT molecular complexity index is 281. The first-order chi connectivity index (χ1) is 8.14. The van der Waals surface area contributed by atoms with Crippen molar-refractivity contribution in [2.24, 2.45) is 0 Å². The molecule has 0 spiro atoms. The molecular weight excluding hydrogens is 212 g/mol. The quantitative estimate of drug-likeness (QED) is 0.600. The Morgan fingerprint density at radius 2 is 1.65 bits per heavy atom. The number of carbonyl (C=O) groups excluding carboxylic acids is 1. The molecule has 0 atom stereocenters. The SMILES string of the molecule is C/C=C\C(=C/C)C(=O)C1(O)CCCCC1.CC. The first-order valence-electron chi connectivity index (χ1n) is 6.70. The van der Waals surface area contributed by atoms with E-state index in [1.807, 2.05) is 33.8 Å². The van der Waals surface area contributed by atoms with Gasteiger partial charge in [-0.2, -0.15) is 0 Å². The van der Waals surface area contributed by atoms with Gasteiger partial charge in [0.2, 0.25) is 0 Å². The molecule has 0 heterocycles. The largest absolute Gasteiger partial charge is 0.382 e. The lowest BCUT2D eigenvalue weighted by molar-refractivity contribution is -0.136. The van der Waals surface area contributed by atoms with Gasteiger partial charge in [-0.3, -0.25) is 4.79 Å². The highest BCUT2D eigenvalue weighted by atomic mass is 16.3. The molecule has 1 aliphatic rings. The highest BCUT2D eigenvalue weighted by Gasteiger charge is 2.37. The van der Waals surface area contributed by atoms with Crippen LogP contribution in [-0.2, 0) is 4.79 Å². The molecule has 2 nitrogen and oxygen atoms in total. The highest BCUT2D eigenvalue weighted by Crippen LogP contribution is 2.31. The van der Waals surface area contributed by atoms with E-state index >= 15 is 0 Å². The van der Waals surface area contributed by atoms with Crippen LogP contribution in [0.5, 0.6) is 0 Å². The molecule has 1 aliphatic carbocycles. The number of Topliss-reactive ketones (excluding diaryl/α,β-unsaturated/α-hetero) is 1. The molecule has 17 heavy (non-hydrogen) atoms. The van der Waals surface area contributed by atoms with Crippen LogP contribution in [0.2, 0.25) is 0 Å². The number of hydrogen-bond donors (Lipinski definition) is 1. The van der Waals surface area contributed by atoms with E-state index in [1.165, 1.54) is 0 Å². The van der Waals surface area contributed by atoms with Crippen molar-refractivity contribution in [3.05, 3.63) is 23.8 Å². The molecule has 1 N–H and O–H groups in total. The van der Waals surface area contributed by atoms with E-state index in [0.717, 1.165) is 19.3 Å². The maximum absolute atomic E-state index is 12.1. The number of ketones is 1. The lowest BCUT2D eigenvalue weighted by Gasteiger charge is -2.30. The summed E-state index contributed by atoms with van der Waals surface area (Å²) >= 11 is 0. The van der Waals surface area contributed by atoms with Crippen molar-refractivity contribution in [3.8, 4) is 0 Å². The Labute approximate surface area is 105 Å². The fourth-order valence-corrected chi connectivity index (χ4v) is 2.11. The Morgan fingerprint density at radius 1 is 1.12 bits per heavy atom. The van der Waals surface area contributed by atoms with Gasteiger partial charge in [0.1, 0.15) is 5.60 Å². The molecule has 0 aromatic heterocycles. The Morgan fingerprint density at radius 3 is 2.06 bits per heavy atom. The zero-order valence-corrected chi connectivity index (χ0v) is 11.6. The summed E-state index contributed by atoms with van der Waals surface area (Å²) in [5.41, 5.74) is -0.471. The van der Waals surface area contributed by atoms with E-state index < -0.39 is 5.60 Å². The molecule has 0 radical (unpaired) electrons. The molecule has 1 saturated carbocycles. The van der Waals surface area contributed by atoms with Crippen LogP contribution in [0.15, 0.2) is 23.8 Å². The van der Waals surface area contributed by atoms with Gasteiger partial charge in [-0.05, 0) is 26.7 Å². The molecular formula is C15H26O2. The summed E-state index contributed by atoms with van der Waals surface area (Å²) < 4.78 is 0. The maximum Gasteiger partial charge on any atom is 0.193 e. The Hall–Kier alpha value is -0.890. The van der Waals surface area contributed by atoms with Gasteiger partial charge in [0, 0.05) is 5.57 Å². The summed E-state index contributed by atoms with van der Waals surface area (Å²) in [6.45, 7) is 7.71. The van der Waals surface area contributed by atoms with Gasteiger partial charge in [0.25, 0.3) is 0 Å². The van der Waals surface area contributed by atoms with Crippen molar-refractivity contribution in [2.75, 3.05) is 0 Å². The molecule has 1 rings (SSSR count). The van der Waals surface area contributed by atoms with Crippen LogP contribution in [0, 0.1) is 0 Å². The molecule has 0 unspecified atom stereocenters. The van der Waals surface area contributed by atoms with Crippen molar-refractivity contribution in [3.63, 3.8) is 0 Å². The lowest BCUT2D eigenvalue weighted by Crippen LogP contribution is -2.41. The molecule has 0 aliphatic heterocycles. The van der Waals surface area contributed by atoms with Crippen LogP contribution >= 0.6 is 0 Å². The van der Waals surface area contributed by atoms with Gasteiger partial charge in [-0.25, -0.2) is 0 Å². The number of carbonyl (C=O) groups is 1. The van der Waals surface area contributed by atoms with Crippen molar-refractivity contribution in [1.82, 2.24) is 0 Å². The second-order valence-electron chi connectivity index (χ2n) is 4.17. The predicted octanol–water partition coefficient (Wildman–Crippen LogP) is 3.80. The summed E-state index contributed by atoms with van der Waals surface area (Å²) in [6.07, 6.45) is 9.64. The van der Waals surface area contributed by atoms with E-state index in [1.54, 1.807) is 12.2 Å². The van der Waals surface area contributed by atoms with Crippen molar-refractivity contribution < 1.29 is 9.90 Å². The summed E-state index contributed by atoms with van der Waals surface area (Å²) in [5, 5.41) is 10.2. The van der Waals surface area contributed by atoms with Crippen LogP contribution in [0.3, 0.4) is 0 Å². The first kappa shape index (κ1) is 16.1. The molecule has 0 aromatic rings. The van der Waals surface area contributed by atoms with Crippen LogP contribution < -0.4 is 0 Å². The van der Waals surface area contributed by atoms with Gasteiger partial charge >= 0.3 is 0 Å². The van der Waals surface area contributed by atoms with Gasteiger partial charge < -0.3 is 5.11 Å². The summed E-state index contributed by atoms with van der Waals surface area (Å²) in [6, 6.07) is 0. The van der Waals surface area contributed by atoms with Gasteiger partial charge in [0.15, 0.2) is 5.78 Å². The predicted molar refractivity (Wildman–Crippen MR) is 73.0 cm³/mol. The van der Waals surface area contributed by atoms with Crippen molar-refractivity contribution in [1.29, 1.82) is 0 Å². The number of hydrogen-bond acceptors (Lipinski definition) is 2. The first-order valence-corrected chi connectivity index (χ1v) is 6.70. The van der Waals surface area contributed by atoms with Crippen LogP contribution in [0.4, 0.5) is 0 Å². The third kappa shape index (κ3) is 4.47. The minimum absolute atomic E-state index is 0.109. The molecule has 2 heteroatoms. The molecule has 0 amide bonds. The molecule has 98 valence electrons. The minimum atomic E-state index is -1.10. The maximum atomic E-state index is 12.1. The van der Waals surface area contributed by atoms with Crippen LogP contribution in [0.1, 0.15) is 59.8 Å². The second-order valence-corrected chi connectivity index (χ2v) is 4.17. The fourth-order valence-electron chi connectivity index (χ4n) is 2.11. The summed E-state index contributed by atoms with van der Waals surface area (Å²) in [5.74, 6) is -0.109. The normalized spacial score (nSPS) is 19.7. The zero-order valence-electron chi connectivity index (χ0n) is 11.6. The molecule has 0 saturated heterocycles. The molecule has 0 bridgehead atoms. The summed E-state index contributed by atoms with van der Waals surface area (Å²) in [4.78, 5) is 12.1. The fraction of sp³-hybridized carbons (Fsp3) is 0.667. The second kappa shape index (κ2) is 8.24. The summed E-state index contributed by atoms with van der Waals surface area (Å²) in [7, 11) is 0. The average molecular weight is 238 g/mol. The van der Waals surface area contributed by atoms with Gasteiger partial charge in [0.05, 0.1) is 0 Å². The molecule has 1 fully saturated rings. The number of aliphatic hydroxyl groups is 1. The van der Waals surface area contributed by atoms with E-state index in [-0.39, 0.29) is 5.78 Å². The third-order valence-corrected chi connectivity index (χ3v) is 3.02. The number of allylic oxidation sites excluding steroid dienone is 3. The monoisotopic (exact) mass is 238 g/mol. The van der Waals surface area contributed by atoms with Gasteiger partial charge in [-0.15, -0.1) is 0 Å². The van der Waals surface area contributed by atoms with Gasteiger partial charge in [-0.1, -0.05) is 51.3 Å². The minimum Gasteiger partial charge on any atom is -0.382 e. The van der Waals surface area contributed by atoms with Crippen LogP contribution in [-0.4, -0.2) is 16.5 Å². The zero-order chi connectivity index (χ0) is 13.3. The Balaban J connectivity index is 0.00000121. The molecule has 0 aromatic carbocycles.